The van der Waals surface area contributed by atoms with Crippen LogP contribution in [0.15, 0.2) is 54.9 Å². The van der Waals surface area contributed by atoms with Gasteiger partial charge in [-0.2, -0.15) is 5.26 Å². The van der Waals surface area contributed by atoms with Crippen LogP contribution in [-0.4, -0.2) is 21.0 Å². The van der Waals surface area contributed by atoms with Crippen LogP contribution in [0.5, 0.6) is 5.75 Å². The lowest BCUT2D eigenvalue weighted by Crippen LogP contribution is -2.01. The van der Waals surface area contributed by atoms with Crippen LogP contribution in [0.4, 0.5) is 4.39 Å². The number of hydrogen-bond donors (Lipinski definition) is 1. The fraction of sp³-hybridized carbons (Fsp3) is 0.0526. The molecule has 0 bridgehead atoms. The molecule has 0 aliphatic carbocycles. The quantitative estimate of drug-likeness (QED) is 0.758. The summed E-state index contributed by atoms with van der Waals surface area (Å²) in [5.74, 6) is -0.887. The lowest BCUT2D eigenvalue weighted by atomic mass is 10.1. The van der Waals surface area contributed by atoms with Gasteiger partial charge in [0.05, 0.1) is 11.1 Å². The second-order valence-corrected chi connectivity index (χ2v) is 5.31. The SMILES string of the molecule is N#Cc1cccc(COc2cccc(-c3ncc(C(=O)O)cn3)c2)c1F. The van der Waals surface area contributed by atoms with E-state index in [1.54, 1.807) is 42.5 Å². The summed E-state index contributed by atoms with van der Waals surface area (Å²) in [6.45, 7) is -0.0381. The second-order valence-electron chi connectivity index (χ2n) is 5.31. The molecule has 0 aliphatic rings. The number of rotatable bonds is 5. The van der Waals surface area contributed by atoms with Crippen molar-refractivity contribution in [3.05, 3.63) is 77.4 Å². The third-order valence-corrected chi connectivity index (χ3v) is 3.58. The second kappa shape index (κ2) is 7.40. The van der Waals surface area contributed by atoms with Crippen LogP contribution >= 0.6 is 0 Å². The van der Waals surface area contributed by atoms with Gasteiger partial charge in [-0.3, -0.25) is 0 Å². The molecule has 1 aromatic heterocycles. The molecular formula is C19H12FN3O3. The minimum Gasteiger partial charge on any atom is -0.489 e. The van der Waals surface area contributed by atoms with Crippen molar-refractivity contribution in [1.29, 1.82) is 5.26 Å². The Hall–Kier alpha value is -3.79. The minimum absolute atomic E-state index is 0.00555. The number of ether oxygens (including phenoxy) is 1. The standard InChI is InChI=1S/C19H12FN3O3/c20-17-13(8-21)4-1-5-14(17)11-26-16-6-2-3-12(7-16)18-22-9-15(10-23-18)19(24)25/h1-7,9-10H,11H2,(H,24,25). The topological polar surface area (TPSA) is 96.1 Å². The Bertz CT molecular complexity index is 998. The van der Waals surface area contributed by atoms with Crippen LogP contribution < -0.4 is 4.74 Å². The molecule has 0 unspecified atom stereocenters. The molecule has 1 N–H and O–H groups in total. The van der Waals surface area contributed by atoms with Gasteiger partial charge >= 0.3 is 5.97 Å². The largest absolute Gasteiger partial charge is 0.489 e. The number of aromatic nitrogens is 2. The van der Waals surface area contributed by atoms with Crippen LogP contribution in [0.25, 0.3) is 11.4 Å². The first-order valence-electron chi connectivity index (χ1n) is 7.54. The summed E-state index contributed by atoms with van der Waals surface area (Å²) in [6, 6.07) is 13.2. The highest BCUT2D eigenvalue weighted by Crippen LogP contribution is 2.22. The van der Waals surface area contributed by atoms with Crippen molar-refractivity contribution in [1.82, 2.24) is 9.97 Å². The van der Waals surface area contributed by atoms with Crippen LogP contribution in [0.1, 0.15) is 21.5 Å². The van der Waals surface area contributed by atoms with Gasteiger partial charge in [-0.1, -0.05) is 24.3 Å². The normalized spacial score (nSPS) is 10.2. The lowest BCUT2D eigenvalue weighted by molar-refractivity contribution is 0.0696. The number of carbonyl (C=O) groups is 1. The molecule has 0 radical (unpaired) electrons. The van der Waals surface area contributed by atoms with Gasteiger partial charge in [0.15, 0.2) is 5.82 Å². The molecule has 0 saturated carbocycles. The Labute approximate surface area is 148 Å². The van der Waals surface area contributed by atoms with E-state index in [0.717, 1.165) is 0 Å². The number of nitriles is 1. The highest BCUT2D eigenvalue weighted by Gasteiger charge is 2.10. The van der Waals surface area contributed by atoms with Crippen LogP contribution in [0.3, 0.4) is 0 Å². The van der Waals surface area contributed by atoms with E-state index in [1.165, 1.54) is 18.5 Å². The zero-order valence-electron chi connectivity index (χ0n) is 13.4. The summed E-state index contributed by atoms with van der Waals surface area (Å²) in [4.78, 5) is 18.9. The van der Waals surface area contributed by atoms with E-state index in [2.05, 4.69) is 9.97 Å². The van der Waals surface area contributed by atoms with E-state index in [-0.39, 0.29) is 23.3 Å². The van der Waals surface area contributed by atoms with E-state index < -0.39 is 11.8 Å². The van der Waals surface area contributed by atoms with Gasteiger partial charge < -0.3 is 9.84 Å². The molecule has 128 valence electrons. The van der Waals surface area contributed by atoms with Crippen LogP contribution in [0, 0.1) is 17.1 Å². The predicted molar refractivity (Wildman–Crippen MR) is 89.9 cm³/mol. The Kier molecular flexibility index (Phi) is 4.85. The first kappa shape index (κ1) is 17.0. The molecule has 0 amide bonds. The van der Waals surface area contributed by atoms with Crippen molar-refractivity contribution < 1.29 is 19.0 Å². The third-order valence-electron chi connectivity index (χ3n) is 3.58. The molecule has 0 spiro atoms. The third kappa shape index (κ3) is 3.65. The van der Waals surface area contributed by atoms with Crippen molar-refractivity contribution >= 4 is 5.97 Å². The average molecular weight is 349 g/mol. The number of carboxylic acid groups (broad SMARTS) is 1. The van der Waals surface area contributed by atoms with Crippen molar-refractivity contribution in [3.8, 4) is 23.2 Å². The summed E-state index contributed by atoms with van der Waals surface area (Å²) in [5.41, 5.74) is 0.864. The number of nitrogens with zero attached hydrogens (tertiary/aromatic N) is 3. The summed E-state index contributed by atoms with van der Waals surface area (Å²) in [5, 5.41) is 17.7. The van der Waals surface area contributed by atoms with Gasteiger partial charge in [-0.15, -0.1) is 0 Å². The molecule has 0 saturated heterocycles. The van der Waals surface area contributed by atoms with Crippen molar-refractivity contribution in [3.63, 3.8) is 0 Å². The molecule has 6 nitrogen and oxygen atoms in total. The van der Waals surface area contributed by atoms with Gasteiger partial charge in [0.25, 0.3) is 0 Å². The maximum absolute atomic E-state index is 14.1. The fourth-order valence-electron chi connectivity index (χ4n) is 2.25. The highest BCUT2D eigenvalue weighted by atomic mass is 19.1. The lowest BCUT2D eigenvalue weighted by Gasteiger charge is -2.09. The molecule has 0 atom stereocenters. The molecule has 2 aromatic carbocycles. The van der Waals surface area contributed by atoms with E-state index in [0.29, 0.717) is 17.1 Å². The maximum Gasteiger partial charge on any atom is 0.338 e. The van der Waals surface area contributed by atoms with Gasteiger partial charge in [0.2, 0.25) is 0 Å². The van der Waals surface area contributed by atoms with Crippen LogP contribution in [-0.2, 0) is 6.61 Å². The summed E-state index contributed by atoms with van der Waals surface area (Å²) in [6.07, 6.45) is 2.45. The molecule has 0 fully saturated rings. The van der Waals surface area contributed by atoms with Crippen LogP contribution in [0.2, 0.25) is 0 Å². The molecule has 1 heterocycles. The van der Waals surface area contributed by atoms with Crippen molar-refractivity contribution in [2.75, 3.05) is 0 Å². The first-order chi connectivity index (χ1) is 12.6. The summed E-state index contributed by atoms with van der Waals surface area (Å²) < 4.78 is 19.6. The maximum atomic E-state index is 14.1. The number of halogens is 1. The Morgan fingerprint density at radius 1 is 1.19 bits per heavy atom. The molecule has 7 heteroatoms. The number of benzene rings is 2. The Balaban J connectivity index is 1.78. The highest BCUT2D eigenvalue weighted by molar-refractivity contribution is 5.86. The van der Waals surface area contributed by atoms with Gasteiger partial charge in [-0.25, -0.2) is 19.2 Å². The smallest absolute Gasteiger partial charge is 0.338 e. The number of carboxylic acids is 1. The number of aromatic carboxylic acids is 1. The Morgan fingerprint density at radius 2 is 1.92 bits per heavy atom. The van der Waals surface area contributed by atoms with E-state index >= 15 is 0 Å². The molecule has 26 heavy (non-hydrogen) atoms. The predicted octanol–water partition coefficient (Wildman–Crippen LogP) is 3.43. The van der Waals surface area contributed by atoms with E-state index in [4.69, 9.17) is 15.1 Å². The van der Waals surface area contributed by atoms with Crippen molar-refractivity contribution in [2.24, 2.45) is 0 Å². The average Bonchev–Trinajstić information content (AvgIpc) is 2.67. The summed E-state index contributed by atoms with van der Waals surface area (Å²) in [7, 11) is 0. The minimum atomic E-state index is -1.10. The zero-order valence-corrected chi connectivity index (χ0v) is 13.4. The molecule has 3 rings (SSSR count). The molecule has 3 aromatic rings. The first-order valence-corrected chi connectivity index (χ1v) is 7.54. The van der Waals surface area contributed by atoms with E-state index in [9.17, 15) is 9.18 Å². The van der Waals surface area contributed by atoms with Gasteiger partial charge in [0.1, 0.15) is 24.2 Å². The molecule has 0 aliphatic heterocycles. The summed E-state index contributed by atoms with van der Waals surface area (Å²) >= 11 is 0. The monoisotopic (exact) mass is 349 g/mol. The Morgan fingerprint density at radius 3 is 2.62 bits per heavy atom. The van der Waals surface area contributed by atoms with E-state index in [1.807, 2.05) is 0 Å². The molecular weight excluding hydrogens is 337 g/mol. The van der Waals surface area contributed by atoms with Gasteiger partial charge in [-0.05, 0) is 18.2 Å². The fourth-order valence-corrected chi connectivity index (χ4v) is 2.25. The van der Waals surface area contributed by atoms with Gasteiger partial charge in [0, 0.05) is 23.5 Å². The van der Waals surface area contributed by atoms with Crippen molar-refractivity contribution in [2.45, 2.75) is 6.61 Å². The zero-order chi connectivity index (χ0) is 18.5. The number of hydrogen-bond acceptors (Lipinski definition) is 5.